The fourth-order valence-electron chi connectivity index (χ4n) is 8.85. The van der Waals surface area contributed by atoms with E-state index in [0.29, 0.717) is 33.8 Å². The Morgan fingerprint density at radius 3 is 1.18 bits per heavy atom. The molecule has 0 fully saturated rings. The average molecular weight is 787 g/mol. The maximum atomic E-state index is 6.68. The van der Waals surface area contributed by atoms with E-state index in [4.69, 9.17) is 33.6 Å². The summed E-state index contributed by atoms with van der Waals surface area (Å²) < 4.78 is 19.4. The molecule has 13 aromatic rings. The highest BCUT2D eigenvalue weighted by molar-refractivity contribution is 6.09. The van der Waals surface area contributed by atoms with Crippen molar-refractivity contribution in [3.8, 4) is 0 Å². The topological polar surface area (TPSA) is 97.5 Å². The van der Waals surface area contributed by atoms with Crippen LogP contribution >= 0.6 is 0 Å². The van der Waals surface area contributed by atoms with Crippen molar-refractivity contribution in [3.05, 3.63) is 182 Å². The van der Waals surface area contributed by atoms with E-state index in [9.17, 15) is 0 Å². The highest BCUT2D eigenvalue weighted by atomic mass is 16.3. The zero-order valence-corrected chi connectivity index (χ0v) is 32.2. The fraction of sp³-hybridized carbons (Fsp3) is 0. The summed E-state index contributed by atoms with van der Waals surface area (Å²) in [5, 5.41) is 27.8. The molecule has 5 heterocycles. The van der Waals surface area contributed by atoms with Crippen LogP contribution in [0.2, 0.25) is 0 Å². The summed E-state index contributed by atoms with van der Waals surface area (Å²) >= 11 is 0. The van der Waals surface area contributed by atoms with Gasteiger partial charge in [0.2, 0.25) is 0 Å². The van der Waals surface area contributed by atoms with Gasteiger partial charge in [0.15, 0.2) is 33.8 Å². The molecule has 9 nitrogen and oxygen atoms in total. The Morgan fingerprint density at radius 1 is 0.295 bits per heavy atom. The van der Waals surface area contributed by atoms with Gasteiger partial charge in [0.25, 0.3) is 0 Å². The van der Waals surface area contributed by atoms with Gasteiger partial charge in [0.05, 0.1) is 22.7 Å². The van der Waals surface area contributed by atoms with E-state index in [2.05, 4.69) is 119 Å². The van der Waals surface area contributed by atoms with Crippen molar-refractivity contribution >= 4 is 122 Å². The van der Waals surface area contributed by atoms with Gasteiger partial charge in [-0.05, 0) is 59.3 Å². The number of hydrogen-bond acceptors (Lipinski definition) is 9. The number of fused-ring (bicyclic) bond motifs is 11. The third-order valence-electron chi connectivity index (χ3n) is 11.7. The van der Waals surface area contributed by atoms with Crippen LogP contribution in [0.1, 0.15) is 0 Å². The Kier molecular flexibility index (Phi) is 7.11. The van der Waals surface area contributed by atoms with Crippen LogP contribution in [0.4, 0.5) is 34.4 Å². The molecule has 0 aliphatic heterocycles. The molecule has 0 atom stereocenters. The Balaban J connectivity index is 0.981. The van der Waals surface area contributed by atoms with Crippen LogP contribution in [0.3, 0.4) is 0 Å². The molecule has 0 N–H and O–H groups in total. The molecule has 0 unspecified atom stereocenters. The van der Waals surface area contributed by atoms with Gasteiger partial charge in [-0.2, -0.15) is 0 Å². The zero-order valence-electron chi connectivity index (χ0n) is 32.2. The van der Waals surface area contributed by atoms with Crippen LogP contribution in [0.5, 0.6) is 0 Å². The number of anilines is 6. The van der Waals surface area contributed by atoms with E-state index in [1.807, 2.05) is 72.8 Å². The molecule has 0 bridgehead atoms. The smallest absolute Gasteiger partial charge is 0.164 e. The second kappa shape index (κ2) is 13.0. The van der Waals surface area contributed by atoms with Crippen molar-refractivity contribution < 1.29 is 13.3 Å². The maximum Gasteiger partial charge on any atom is 0.164 e. The van der Waals surface area contributed by atoms with Gasteiger partial charge in [-0.15, -0.1) is 20.4 Å². The van der Waals surface area contributed by atoms with Crippen LogP contribution in [0.15, 0.2) is 195 Å². The molecule has 0 aliphatic carbocycles. The van der Waals surface area contributed by atoms with Gasteiger partial charge in [-0.3, -0.25) is 9.80 Å². The van der Waals surface area contributed by atoms with E-state index in [1.54, 1.807) is 0 Å². The molecular formula is C52H30N6O3. The van der Waals surface area contributed by atoms with E-state index < -0.39 is 0 Å². The molecule has 13 rings (SSSR count). The molecule has 61 heavy (non-hydrogen) atoms. The second-order valence-electron chi connectivity index (χ2n) is 15.2. The maximum absolute atomic E-state index is 6.68. The SMILES string of the molecule is c1ccc2c(N(c3ccc4c(c3)oc3ccccc34)c3cc4oc5cc(N(c6ccc7c(c6)oc6ccccc67)c6cccc7ccccc67)nnc5c4nn3)cccc2c1. The van der Waals surface area contributed by atoms with Gasteiger partial charge >= 0.3 is 0 Å². The summed E-state index contributed by atoms with van der Waals surface area (Å²) in [6.07, 6.45) is 0. The van der Waals surface area contributed by atoms with Crippen molar-refractivity contribution in [3.63, 3.8) is 0 Å². The van der Waals surface area contributed by atoms with Crippen molar-refractivity contribution in [1.82, 2.24) is 20.4 Å². The number of rotatable bonds is 6. The minimum Gasteiger partial charge on any atom is -0.456 e. The number of aromatic nitrogens is 4. The lowest BCUT2D eigenvalue weighted by molar-refractivity contribution is 0.665. The second-order valence-corrected chi connectivity index (χ2v) is 15.2. The molecule has 9 heteroatoms. The predicted molar refractivity (Wildman–Crippen MR) is 244 cm³/mol. The predicted octanol–water partition coefficient (Wildman–Crippen LogP) is 14.2. The molecule has 0 amide bonds. The molecule has 0 saturated heterocycles. The average Bonchev–Trinajstić information content (AvgIpc) is 3.99. The Bertz CT molecular complexity index is 3620. The van der Waals surface area contributed by atoms with E-state index in [-0.39, 0.29) is 0 Å². The van der Waals surface area contributed by atoms with Crippen molar-refractivity contribution in [2.75, 3.05) is 9.80 Å². The minimum atomic E-state index is 0.517. The van der Waals surface area contributed by atoms with Crippen LogP contribution in [0, 0.1) is 0 Å². The van der Waals surface area contributed by atoms with E-state index in [0.717, 1.165) is 88.2 Å². The molecule has 8 aromatic carbocycles. The van der Waals surface area contributed by atoms with Crippen LogP contribution < -0.4 is 9.80 Å². The van der Waals surface area contributed by atoms with Gasteiger partial charge < -0.3 is 13.3 Å². The summed E-state index contributed by atoms with van der Waals surface area (Å²) in [6, 6.07) is 61.7. The zero-order chi connectivity index (χ0) is 40.0. The Morgan fingerprint density at radius 2 is 0.689 bits per heavy atom. The monoisotopic (exact) mass is 786 g/mol. The fourth-order valence-corrected chi connectivity index (χ4v) is 8.85. The lowest BCUT2D eigenvalue weighted by Crippen LogP contribution is -2.13. The lowest BCUT2D eigenvalue weighted by atomic mass is 10.1. The number of furan rings is 3. The van der Waals surface area contributed by atoms with Crippen molar-refractivity contribution in [2.45, 2.75) is 0 Å². The third-order valence-corrected chi connectivity index (χ3v) is 11.7. The van der Waals surface area contributed by atoms with Gasteiger partial charge in [-0.1, -0.05) is 109 Å². The molecular weight excluding hydrogens is 757 g/mol. The summed E-state index contributed by atoms with van der Waals surface area (Å²) in [5.41, 5.74) is 8.92. The number of benzene rings is 8. The molecule has 0 radical (unpaired) electrons. The van der Waals surface area contributed by atoms with Crippen molar-refractivity contribution in [1.29, 1.82) is 0 Å². The first-order chi connectivity index (χ1) is 30.2. The van der Waals surface area contributed by atoms with Gasteiger partial charge in [0, 0.05) is 56.6 Å². The summed E-state index contributed by atoms with van der Waals surface area (Å²) in [7, 11) is 0. The summed E-state index contributed by atoms with van der Waals surface area (Å²) in [6.45, 7) is 0. The number of nitrogens with zero attached hydrogens (tertiary/aromatic N) is 6. The molecule has 0 aliphatic rings. The first-order valence-electron chi connectivity index (χ1n) is 20.0. The third kappa shape index (κ3) is 5.20. The normalized spacial score (nSPS) is 11.9. The first-order valence-corrected chi connectivity index (χ1v) is 20.0. The summed E-state index contributed by atoms with van der Waals surface area (Å²) in [5.74, 6) is 1.14. The molecule has 286 valence electrons. The Hall–Kier alpha value is -8.56. The van der Waals surface area contributed by atoms with E-state index in [1.165, 1.54) is 0 Å². The highest BCUT2D eigenvalue weighted by Crippen LogP contribution is 2.44. The minimum absolute atomic E-state index is 0.517. The first kappa shape index (κ1) is 33.4. The van der Waals surface area contributed by atoms with Gasteiger partial charge in [0.1, 0.15) is 22.3 Å². The highest BCUT2D eigenvalue weighted by Gasteiger charge is 2.24. The quantitative estimate of drug-likeness (QED) is 0.163. The van der Waals surface area contributed by atoms with Crippen LogP contribution in [-0.4, -0.2) is 20.4 Å². The Labute approximate surface area is 346 Å². The van der Waals surface area contributed by atoms with E-state index >= 15 is 0 Å². The molecule has 0 spiro atoms. The number of para-hydroxylation sites is 2. The summed E-state index contributed by atoms with van der Waals surface area (Å²) in [4.78, 5) is 4.20. The van der Waals surface area contributed by atoms with Crippen LogP contribution in [0.25, 0.3) is 87.6 Å². The molecule has 5 aromatic heterocycles. The molecule has 0 saturated carbocycles. The van der Waals surface area contributed by atoms with Crippen LogP contribution in [-0.2, 0) is 0 Å². The van der Waals surface area contributed by atoms with Crippen molar-refractivity contribution in [2.24, 2.45) is 0 Å². The van der Waals surface area contributed by atoms with Gasteiger partial charge in [-0.25, -0.2) is 0 Å². The largest absolute Gasteiger partial charge is 0.456 e. The number of hydrogen-bond donors (Lipinski definition) is 0. The standard InChI is InChI=1S/C52H30N6O3/c1-3-15-35-31(11-1)13-9-19-41(35)57(33-23-25-39-37-17-5-7-21-43(37)59-45(39)27-33)49-29-47-51(55-53-49)52-48(61-47)30-50(54-56-52)58(42-20-10-14-32-12-2-4-16-36(32)42)34-24-26-40-38-18-6-8-22-44(38)60-46(40)28-34/h1-30H. The lowest BCUT2D eigenvalue weighted by Gasteiger charge is -2.25.